The van der Waals surface area contributed by atoms with Crippen molar-refractivity contribution in [1.29, 1.82) is 0 Å². The van der Waals surface area contributed by atoms with Crippen LogP contribution in [0, 0.1) is 11.8 Å². The molecule has 0 radical (unpaired) electrons. The fourth-order valence-electron chi connectivity index (χ4n) is 8.90. The summed E-state index contributed by atoms with van der Waals surface area (Å²) < 4.78 is 17.0. The molecule has 13 heteroatoms. The maximum Gasteiger partial charge on any atom is 0.410 e. The van der Waals surface area contributed by atoms with Gasteiger partial charge >= 0.3 is 12.2 Å². The smallest absolute Gasteiger partial charge is 0.410 e. The van der Waals surface area contributed by atoms with E-state index in [1.54, 1.807) is 0 Å². The third-order valence-electron chi connectivity index (χ3n) is 11.7. The number of likely N-dealkylation sites (tertiary alicyclic amines) is 2. The molecular formula is C43H53N7O6. The quantitative estimate of drug-likeness (QED) is 0.179. The Bertz CT molecular complexity index is 2180. The first-order valence-electron chi connectivity index (χ1n) is 19.9. The van der Waals surface area contributed by atoms with Crippen molar-refractivity contribution >= 4 is 18.1 Å². The second kappa shape index (κ2) is 14.3. The second-order valence-electron chi connectivity index (χ2n) is 17.3. The van der Waals surface area contributed by atoms with E-state index >= 15 is 0 Å². The molecule has 2 aromatic heterocycles. The van der Waals surface area contributed by atoms with Crippen LogP contribution < -0.4 is 10.1 Å². The number of nitrogens with one attached hydrogen (secondary N) is 3. The lowest BCUT2D eigenvalue weighted by atomic mass is 9.86. The topological polar surface area (TPSA) is 155 Å². The summed E-state index contributed by atoms with van der Waals surface area (Å²) in [7, 11) is 1.30. The molecule has 2 fully saturated rings. The van der Waals surface area contributed by atoms with Gasteiger partial charge in [-0.1, -0.05) is 32.9 Å². The van der Waals surface area contributed by atoms with Gasteiger partial charge in [-0.15, -0.1) is 0 Å². The predicted molar refractivity (Wildman–Crippen MR) is 211 cm³/mol. The molecule has 5 heterocycles. The number of aromatic nitrogens is 4. The second-order valence-corrected chi connectivity index (χ2v) is 17.3. The lowest BCUT2D eigenvalue weighted by Crippen LogP contribution is -2.52. The van der Waals surface area contributed by atoms with Crippen molar-refractivity contribution in [3.63, 3.8) is 0 Å². The number of nitrogens with zero attached hydrogens (tertiary/aromatic N) is 4. The number of aromatic amines is 2. The lowest BCUT2D eigenvalue weighted by molar-refractivity contribution is -0.137. The van der Waals surface area contributed by atoms with E-state index in [9.17, 15) is 14.4 Å². The number of hydrogen-bond donors (Lipinski definition) is 3. The third-order valence-corrected chi connectivity index (χ3v) is 11.7. The molecular weight excluding hydrogens is 711 g/mol. The summed E-state index contributed by atoms with van der Waals surface area (Å²) in [6.07, 6.45) is 5.05. The van der Waals surface area contributed by atoms with Gasteiger partial charge in [-0.05, 0) is 112 Å². The van der Waals surface area contributed by atoms with Gasteiger partial charge < -0.3 is 34.4 Å². The number of fused-ring (bicyclic) bond motifs is 6. The summed E-state index contributed by atoms with van der Waals surface area (Å²) in [5.41, 5.74) is 8.89. The molecule has 4 aromatic rings. The van der Waals surface area contributed by atoms with Gasteiger partial charge in [0.05, 0.1) is 36.8 Å². The predicted octanol–water partition coefficient (Wildman–Crippen LogP) is 7.88. The molecule has 1 aliphatic carbocycles. The lowest BCUT2D eigenvalue weighted by Gasteiger charge is -2.32. The molecule has 3 aliphatic heterocycles. The average Bonchev–Trinajstić information content (AvgIpc) is 3.97. The first kappa shape index (κ1) is 37.6. The molecule has 3 amide bonds. The molecule has 2 aromatic carbocycles. The number of alkyl carbamates (subject to hydrolysis) is 1. The fraction of sp³-hybridized carbons (Fsp3) is 0.512. The van der Waals surface area contributed by atoms with Crippen LogP contribution in [0.15, 0.2) is 36.5 Å². The molecule has 2 saturated heterocycles. The molecule has 56 heavy (non-hydrogen) atoms. The minimum Gasteiger partial charge on any atom is -0.488 e. The Hall–Kier alpha value is -5.33. The van der Waals surface area contributed by atoms with Crippen molar-refractivity contribution in [2.45, 2.75) is 117 Å². The van der Waals surface area contributed by atoms with E-state index in [4.69, 9.17) is 24.2 Å². The van der Waals surface area contributed by atoms with Crippen LogP contribution in [0.25, 0.3) is 33.6 Å². The molecule has 0 saturated carbocycles. The van der Waals surface area contributed by atoms with Crippen LogP contribution in [0.4, 0.5) is 9.59 Å². The van der Waals surface area contributed by atoms with Crippen LogP contribution in [0.1, 0.15) is 108 Å². The first-order chi connectivity index (χ1) is 26.7. The van der Waals surface area contributed by atoms with E-state index in [2.05, 4.69) is 52.5 Å². The van der Waals surface area contributed by atoms with Crippen molar-refractivity contribution in [2.75, 3.05) is 13.7 Å². The van der Waals surface area contributed by atoms with E-state index in [0.29, 0.717) is 19.1 Å². The van der Waals surface area contributed by atoms with Gasteiger partial charge in [-0.3, -0.25) is 9.69 Å². The number of carbonyl (C=O) groups excluding carboxylic acids is 3. The van der Waals surface area contributed by atoms with E-state index in [0.717, 1.165) is 94.4 Å². The van der Waals surface area contributed by atoms with Crippen LogP contribution in [-0.2, 0) is 33.7 Å². The summed E-state index contributed by atoms with van der Waals surface area (Å²) in [6.45, 7) is 14.8. The normalized spacial score (nSPS) is 21.8. The Kier molecular flexibility index (Phi) is 9.61. The van der Waals surface area contributed by atoms with Crippen LogP contribution in [0.5, 0.6) is 5.75 Å². The highest BCUT2D eigenvalue weighted by Gasteiger charge is 2.42. The molecule has 0 unspecified atom stereocenters. The standard InChI is InChI=1S/C43H53N7O6/c1-22(2)36(48-41(52)54-8)40(51)50-24(4)9-14-33(50)38-44-19-32(46-38)26-10-12-28-27(16-26)21-55-35-18-29-25(17-30(28)35)11-13-31-37(29)47-39(45-31)34-15-23(3)20-49(34)42(53)56-43(5,6)7/h10,12,16-19,22-24,33-34,36H,9,11,13-15,20-21H2,1-8H3,(H,44,46)(H,45,47)(H,48,52)/t23-,24-,33-,34-,36-/m0/s1. The Balaban J connectivity index is 1.03. The number of benzene rings is 2. The van der Waals surface area contributed by atoms with E-state index < -0.39 is 17.7 Å². The number of methoxy groups -OCH3 is 1. The van der Waals surface area contributed by atoms with Crippen LogP contribution in [-0.4, -0.2) is 79.2 Å². The first-order valence-corrected chi connectivity index (χ1v) is 19.9. The molecule has 8 rings (SSSR count). The summed E-state index contributed by atoms with van der Waals surface area (Å²) in [4.78, 5) is 59.8. The maximum atomic E-state index is 13.8. The maximum absolute atomic E-state index is 13.8. The van der Waals surface area contributed by atoms with Crippen molar-refractivity contribution in [2.24, 2.45) is 11.8 Å². The molecule has 0 spiro atoms. The van der Waals surface area contributed by atoms with E-state index in [1.807, 2.05) is 57.5 Å². The Morgan fingerprint density at radius 2 is 1.77 bits per heavy atom. The number of amides is 3. The zero-order valence-corrected chi connectivity index (χ0v) is 33.6. The Labute approximate surface area is 327 Å². The van der Waals surface area contributed by atoms with Crippen molar-refractivity contribution in [3.05, 3.63) is 65.0 Å². The van der Waals surface area contributed by atoms with Gasteiger partial charge in [0.25, 0.3) is 0 Å². The molecule has 13 nitrogen and oxygen atoms in total. The van der Waals surface area contributed by atoms with Crippen LogP contribution in [0.2, 0.25) is 0 Å². The molecule has 0 bridgehead atoms. The zero-order valence-electron chi connectivity index (χ0n) is 33.6. The van der Waals surface area contributed by atoms with Crippen molar-refractivity contribution in [1.82, 2.24) is 35.1 Å². The van der Waals surface area contributed by atoms with Gasteiger partial charge in [0.2, 0.25) is 5.91 Å². The SMILES string of the molecule is COC(=O)N[C@H](C(=O)N1[C@@H](C)CC[C@H]1c1ncc(-c2ccc3c(c2)COc2cc4c(cc2-3)CCc2[nH]c([C@@H]3C[C@H](C)CN3C(=O)OC(C)(C)C)nc2-4)[nH]1)C(C)C. The van der Waals surface area contributed by atoms with Gasteiger partial charge in [0.1, 0.15) is 35.6 Å². The molecule has 296 valence electrons. The van der Waals surface area contributed by atoms with Gasteiger partial charge in [0, 0.05) is 29.4 Å². The number of imidazole rings is 2. The van der Waals surface area contributed by atoms with E-state index in [1.165, 1.54) is 12.7 Å². The summed E-state index contributed by atoms with van der Waals surface area (Å²) in [5, 5.41) is 2.73. The zero-order chi connectivity index (χ0) is 39.6. The summed E-state index contributed by atoms with van der Waals surface area (Å²) in [5.74, 6) is 2.46. The number of hydrogen-bond acceptors (Lipinski definition) is 8. The van der Waals surface area contributed by atoms with Crippen LogP contribution >= 0.6 is 0 Å². The van der Waals surface area contributed by atoms with Crippen LogP contribution in [0.3, 0.4) is 0 Å². The highest BCUT2D eigenvalue weighted by Crippen LogP contribution is 2.46. The molecule has 5 atom stereocenters. The summed E-state index contributed by atoms with van der Waals surface area (Å²) >= 11 is 0. The minimum absolute atomic E-state index is 0.000701. The number of carbonyl (C=O) groups is 3. The van der Waals surface area contributed by atoms with Gasteiger partial charge in [0.15, 0.2) is 0 Å². The fourth-order valence-corrected chi connectivity index (χ4v) is 8.90. The van der Waals surface area contributed by atoms with Gasteiger partial charge in [-0.2, -0.15) is 0 Å². The average molecular weight is 764 g/mol. The Morgan fingerprint density at radius 1 is 0.964 bits per heavy atom. The molecule has 4 aliphatic rings. The van der Waals surface area contributed by atoms with Crippen molar-refractivity contribution < 1.29 is 28.6 Å². The highest BCUT2D eigenvalue weighted by atomic mass is 16.6. The van der Waals surface area contributed by atoms with Gasteiger partial charge in [-0.25, -0.2) is 19.6 Å². The largest absolute Gasteiger partial charge is 0.488 e. The number of aryl methyl sites for hydroxylation is 2. The number of ether oxygens (including phenoxy) is 3. The van der Waals surface area contributed by atoms with Crippen molar-refractivity contribution in [3.8, 4) is 39.4 Å². The molecule has 3 N–H and O–H groups in total. The third kappa shape index (κ3) is 6.89. The van der Waals surface area contributed by atoms with E-state index in [-0.39, 0.29) is 36.0 Å². The minimum atomic E-state index is -0.703. The highest BCUT2D eigenvalue weighted by molar-refractivity contribution is 5.87. The Morgan fingerprint density at radius 3 is 2.52 bits per heavy atom. The monoisotopic (exact) mass is 763 g/mol. The number of H-pyrrole nitrogens is 2. The summed E-state index contributed by atoms with van der Waals surface area (Å²) in [6, 6.07) is 9.71. The number of rotatable bonds is 6.